The second kappa shape index (κ2) is 4.59. The summed E-state index contributed by atoms with van der Waals surface area (Å²) in [6, 6.07) is 2.71. The van der Waals surface area contributed by atoms with E-state index in [1.54, 1.807) is 6.20 Å². The van der Waals surface area contributed by atoms with E-state index in [2.05, 4.69) is 21.1 Å². The summed E-state index contributed by atoms with van der Waals surface area (Å²) in [7, 11) is 0. The molecule has 6 nitrogen and oxygen atoms in total. The SMILES string of the molecule is CC1C2=C(CC(=O)N1C(N)=O)CN(Br)c1ncccc12. The highest BCUT2D eigenvalue weighted by Gasteiger charge is 2.39. The minimum atomic E-state index is -0.708. The molecule has 1 aromatic rings. The van der Waals surface area contributed by atoms with E-state index in [0.717, 1.165) is 27.4 Å². The van der Waals surface area contributed by atoms with E-state index < -0.39 is 6.03 Å². The zero-order valence-electron chi connectivity index (χ0n) is 10.8. The van der Waals surface area contributed by atoms with Crippen molar-refractivity contribution in [2.24, 2.45) is 5.73 Å². The van der Waals surface area contributed by atoms with Crippen LogP contribution in [0.25, 0.3) is 5.57 Å². The van der Waals surface area contributed by atoms with Crippen molar-refractivity contribution in [2.45, 2.75) is 19.4 Å². The van der Waals surface area contributed by atoms with Crippen molar-refractivity contribution < 1.29 is 9.59 Å². The Morgan fingerprint density at radius 3 is 3.00 bits per heavy atom. The molecule has 0 spiro atoms. The molecule has 3 amide bonds. The summed E-state index contributed by atoms with van der Waals surface area (Å²) in [5, 5.41) is 0. The quantitative estimate of drug-likeness (QED) is 0.731. The Labute approximate surface area is 124 Å². The van der Waals surface area contributed by atoms with Crippen molar-refractivity contribution in [1.29, 1.82) is 0 Å². The van der Waals surface area contributed by atoms with Gasteiger partial charge in [0.05, 0.1) is 35.2 Å². The number of anilines is 1. The molecule has 1 aromatic heterocycles. The van der Waals surface area contributed by atoms with Crippen molar-refractivity contribution in [3.05, 3.63) is 29.5 Å². The van der Waals surface area contributed by atoms with Crippen LogP contribution < -0.4 is 9.66 Å². The molecule has 1 atom stereocenters. The number of nitrogens with two attached hydrogens (primary N) is 1. The molecule has 20 heavy (non-hydrogen) atoms. The van der Waals surface area contributed by atoms with Gasteiger partial charge in [-0.15, -0.1) is 0 Å². The highest BCUT2D eigenvalue weighted by Crippen LogP contribution is 2.41. The molecule has 0 bridgehead atoms. The summed E-state index contributed by atoms with van der Waals surface area (Å²) < 4.78 is 1.83. The number of aromatic nitrogens is 1. The lowest BCUT2D eigenvalue weighted by molar-refractivity contribution is -0.128. The van der Waals surface area contributed by atoms with Gasteiger partial charge in [0.25, 0.3) is 0 Å². The smallest absolute Gasteiger partial charge is 0.322 e. The molecule has 104 valence electrons. The number of amides is 3. The van der Waals surface area contributed by atoms with Gasteiger partial charge in [0.1, 0.15) is 5.82 Å². The fourth-order valence-corrected chi connectivity index (χ4v) is 3.50. The van der Waals surface area contributed by atoms with Crippen LogP contribution in [-0.4, -0.2) is 34.4 Å². The van der Waals surface area contributed by atoms with Gasteiger partial charge in [0.15, 0.2) is 0 Å². The van der Waals surface area contributed by atoms with Crippen LogP contribution in [0.5, 0.6) is 0 Å². The summed E-state index contributed by atoms with van der Waals surface area (Å²) in [5.74, 6) is 0.536. The Balaban J connectivity index is 2.16. The number of carbonyl (C=O) groups is 2. The Morgan fingerprint density at radius 2 is 2.30 bits per heavy atom. The van der Waals surface area contributed by atoms with Gasteiger partial charge in [-0.25, -0.2) is 9.78 Å². The van der Waals surface area contributed by atoms with E-state index in [9.17, 15) is 9.59 Å². The lowest BCUT2D eigenvalue weighted by Crippen LogP contribution is -2.50. The van der Waals surface area contributed by atoms with E-state index in [0.29, 0.717) is 6.54 Å². The zero-order valence-corrected chi connectivity index (χ0v) is 12.4. The van der Waals surface area contributed by atoms with Gasteiger partial charge in [0.2, 0.25) is 5.91 Å². The molecule has 2 aliphatic heterocycles. The van der Waals surface area contributed by atoms with E-state index in [1.165, 1.54) is 0 Å². The van der Waals surface area contributed by atoms with Crippen LogP contribution in [0.4, 0.5) is 10.6 Å². The predicted octanol–water partition coefficient (Wildman–Crippen LogP) is 1.66. The number of pyridine rings is 1. The lowest BCUT2D eigenvalue weighted by atomic mass is 9.86. The van der Waals surface area contributed by atoms with E-state index in [1.807, 2.05) is 23.0 Å². The molecule has 0 saturated heterocycles. The normalized spacial score (nSPS) is 21.7. The van der Waals surface area contributed by atoms with Gasteiger partial charge in [-0.3, -0.25) is 13.6 Å². The standard InChI is InChI=1S/C13H13BrN4O2/c1-7-11-8(5-10(19)18(7)13(15)20)6-17(14)12-9(11)3-2-4-16-12/h2-4,7H,5-6H2,1H3,(H2,15,20). The predicted molar refractivity (Wildman–Crippen MR) is 77.9 cm³/mol. The number of halogens is 1. The van der Waals surface area contributed by atoms with Gasteiger partial charge < -0.3 is 5.73 Å². The third-order valence-electron chi connectivity index (χ3n) is 3.69. The average molecular weight is 337 g/mol. The molecule has 2 aliphatic rings. The number of hydrogen-bond donors (Lipinski definition) is 1. The van der Waals surface area contributed by atoms with Crippen LogP contribution in [0.2, 0.25) is 0 Å². The minimum Gasteiger partial charge on any atom is -0.351 e. The van der Waals surface area contributed by atoms with Crippen molar-refractivity contribution in [2.75, 3.05) is 10.5 Å². The molecule has 2 N–H and O–H groups in total. The molecule has 7 heteroatoms. The van der Waals surface area contributed by atoms with Crippen LogP contribution in [0.1, 0.15) is 18.9 Å². The monoisotopic (exact) mass is 336 g/mol. The highest BCUT2D eigenvalue weighted by molar-refractivity contribution is 9.10. The van der Waals surface area contributed by atoms with Gasteiger partial charge in [-0.1, -0.05) is 0 Å². The maximum Gasteiger partial charge on any atom is 0.322 e. The number of urea groups is 1. The van der Waals surface area contributed by atoms with Crippen molar-refractivity contribution in [3.8, 4) is 0 Å². The molecular formula is C13H13BrN4O2. The average Bonchev–Trinajstić information content (AvgIpc) is 2.37. The van der Waals surface area contributed by atoms with Gasteiger partial charge >= 0.3 is 6.03 Å². The van der Waals surface area contributed by atoms with Crippen LogP contribution in [0.15, 0.2) is 23.9 Å². The van der Waals surface area contributed by atoms with E-state index in [4.69, 9.17) is 5.73 Å². The zero-order chi connectivity index (χ0) is 14.4. The maximum atomic E-state index is 12.1. The Bertz CT molecular complexity index is 643. The van der Waals surface area contributed by atoms with Gasteiger partial charge in [0, 0.05) is 11.8 Å². The number of hydrogen-bond acceptors (Lipinski definition) is 4. The van der Waals surface area contributed by atoms with Crippen LogP contribution in [0, 0.1) is 0 Å². The van der Waals surface area contributed by atoms with Crippen molar-refractivity contribution >= 4 is 39.5 Å². The van der Waals surface area contributed by atoms with Crippen molar-refractivity contribution in [3.63, 3.8) is 0 Å². The fraction of sp³-hybridized carbons (Fsp3) is 0.308. The molecule has 0 aliphatic carbocycles. The first-order valence-corrected chi connectivity index (χ1v) is 6.93. The van der Waals surface area contributed by atoms with Crippen molar-refractivity contribution in [1.82, 2.24) is 9.88 Å². The second-order valence-electron chi connectivity index (χ2n) is 4.87. The third-order valence-corrected chi connectivity index (χ3v) is 4.28. The largest absolute Gasteiger partial charge is 0.351 e. The topological polar surface area (TPSA) is 79.5 Å². The van der Waals surface area contributed by atoms with Crippen LogP contribution in [0.3, 0.4) is 0 Å². The molecule has 3 heterocycles. The molecular weight excluding hydrogens is 324 g/mol. The third kappa shape index (κ3) is 1.81. The summed E-state index contributed by atoms with van der Waals surface area (Å²) in [6.07, 6.45) is 1.92. The van der Waals surface area contributed by atoms with E-state index in [-0.39, 0.29) is 18.4 Å². The first-order chi connectivity index (χ1) is 9.50. The minimum absolute atomic E-state index is 0.207. The lowest BCUT2D eigenvalue weighted by Gasteiger charge is -2.39. The number of fused-ring (bicyclic) bond motifs is 2. The Morgan fingerprint density at radius 1 is 1.55 bits per heavy atom. The molecule has 0 fully saturated rings. The van der Waals surface area contributed by atoms with E-state index >= 15 is 0 Å². The number of primary amides is 1. The van der Waals surface area contributed by atoms with Crippen LogP contribution in [-0.2, 0) is 4.79 Å². The maximum absolute atomic E-state index is 12.1. The highest BCUT2D eigenvalue weighted by atomic mass is 79.9. The first kappa shape index (κ1) is 13.1. The second-order valence-corrected chi connectivity index (χ2v) is 5.72. The number of carbonyl (C=O) groups excluding carboxylic acids is 2. The molecule has 0 saturated carbocycles. The number of nitrogens with zero attached hydrogens (tertiary/aromatic N) is 3. The molecule has 0 radical (unpaired) electrons. The summed E-state index contributed by atoms with van der Waals surface area (Å²) >= 11 is 3.45. The van der Waals surface area contributed by atoms with Gasteiger partial charge in [-0.2, -0.15) is 0 Å². The summed E-state index contributed by atoms with van der Waals surface area (Å²) in [4.78, 5) is 29.0. The van der Waals surface area contributed by atoms with Gasteiger partial charge in [-0.05, 0) is 30.2 Å². The number of imide groups is 1. The summed E-state index contributed by atoms with van der Waals surface area (Å²) in [5.41, 5.74) is 8.22. The molecule has 0 aromatic carbocycles. The molecule has 3 rings (SSSR count). The molecule has 1 unspecified atom stereocenters. The first-order valence-electron chi connectivity index (χ1n) is 6.23. The Kier molecular flexibility index (Phi) is 3.01. The Hall–Kier alpha value is -1.89. The number of rotatable bonds is 0. The van der Waals surface area contributed by atoms with Crippen LogP contribution >= 0.6 is 16.1 Å². The fourth-order valence-electron chi connectivity index (χ4n) is 2.92. The summed E-state index contributed by atoms with van der Waals surface area (Å²) in [6.45, 7) is 2.39.